The van der Waals surface area contributed by atoms with E-state index in [4.69, 9.17) is 0 Å². The highest BCUT2D eigenvalue weighted by molar-refractivity contribution is 6.09. The summed E-state index contributed by atoms with van der Waals surface area (Å²) < 4.78 is 2.41. The first kappa shape index (κ1) is 33.7. The second kappa shape index (κ2) is 13.4. The van der Waals surface area contributed by atoms with Crippen LogP contribution in [0.3, 0.4) is 0 Å². The summed E-state index contributed by atoms with van der Waals surface area (Å²) in [5, 5.41) is 5.10. The van der Waals surface area contributed by atoms with Crippen LogP contribution in [-0.4, -0.2) is 4.57 Å². The molecule has 2 nitrogen and oxygen atoms in total. The predicted octanol–water partition coefficient (Wildman–Crippen LogP) is 15.2. The molecule has 0 amide bonds. The van der Waals surface area contributed by atoms with Crippen LogP contribution in [0.15, 0.2) is 188 Å². The second-order valence-corrected chi connectivity index (χ2v) is 17.7. The maximum Gasteiger partial charge on any atom is 0.0541 e. The summed E-state index contributed by atoms with van der Waals surface area (Å²) in [6.45, 7) is 0. The quantitative estimate of drug-likeness (QED) is 0.158. The van der Waals surface area contributed by atoms with Crippen LogP contribution in [0.25, 0.3) is 60.5 Å². The highest BCUT2D eigenvalue weighted by Crippen LogP contribution is 2.61. The van der Waals surface area contributed by atoms with E-state index >= 15 is 0 Å². The summed E-state index contributed by atoms with van der Waals surface area (Å²) in [4.78, 5) is 2.49. The monoisotopic (exact) mass is 746 g/mol. The molecule has 0 N–H and O–H groups in total. The summed E-state index contributed by atoms with van der Waals surface area (Å²) in [6.07, 6.45) is 8.47. The molecule has 1 heterocycles. The van der Waals surface area contributed by atoms with Crippen molar-refractivity contribution in [2.75, 3.05) is 4.90 Å². The van der Waals surface area contributed by atoms with Gasteiger partial charge in [-0.05, 0) is 167 Å². The van der Waals surface area contributed by atoms with Crippen molar-refractivity contribution in [1.29, 1.82) is 0 Å². The average molecular weight is 747 g/mol. The first-order chi connectivity index (χ1) is 28.6. The van der Waals surface area contributed by atoms with Crippen molar-refractivity contribution < 1.29 is 0 Å². The minimum Gasteiger partial charge on any atom is -0.310 e. The van der Waals surface area contributed by atoms with Gasteiger partial charge in [0.25, 0.3) is 0 Å². The zero-order valence-electron chi connectivity index (χ0n) is 32.8. The average Bonchev–Trinajstić information content (AvgIpc) is 3.61. The molecule has 13 rings (SSSR count). The molecule has 0 unspecified atom stereocenters. The number of hydrogen-bond acceptors (Lipinski definition) is 1. The van der Waals surface area contributed by atoms with Crippen molar-refractivity contribution in [2.45, 2.75) is 43.9 Å². The number of anilines is 3. The summed E-state index contributed by atoms with van der Waals surface area (Å²) in [5.41, 5.74) is 14.0. The van der Waals surface area contributed by atoms with Crippen LogP contribution in [0.4, 0.5) is 17.1 Å². The molecule has 4 aliphatic carbocycles. The minimum atomic E-state index is 0.328. The number of para-hydroxylation sites is 2. The smallest absolute Gasteiger partial charge is 0.0541 e. The van der Waals surface area contributed by atoms with E-state index in [1.807, 2.05) is 0 Å². The molecule has 0 atom stereocenters. The van der Waals surface area contributed by atoms with Crippen molar-refractivity contribution in [3.63, 3.8) is 0 Å². The Bertz CT molecular complexity index is 2910. The molecule has 4 saturated carbocycles. The molecule has 4 fully saturated rings. The van der Waals surface area contributed by atoms with Crippen molar-refractivity contribution in [1.82, 2.24) is 4.57 Å². The van der Waals surface area contributed by atoms with Gasteiger partial charge in [-0.2, -0.15) is 0 Å². The van der Waals surface area contributed by atoms with E-state index in [9.17, 15) is 0 Å². The summed E-state index contributed by atoms with van der Waals surface area (Å²) >= 11 is 0. The van der Waals surface area contributed by atoms with Gasteiger partial charge in [0, 0.05) is 33.5 Å². The molecule has 280 valence electrons. The third-order valence-electron chi connectivity index (χ3n) is 14.1. The predicted molar refractivity (Wildman–Crippen MR) is 244 cm³/mol. The molecule has 4 aliphatic rings. The van der Waals surface area contributed by atoms with Crippen LogP contribution in [0, 0.1) is 17.8 Å². The third kappa shape index (κ3) is 5.61. The lowest BCUT2D eigenvalue weighted by atomic mass is 9.48. The molecular formula is C56H46N2. The van der Waals surface area contributed by atoms with Gasteiger partial charge < -0.3 is 9.47 Å². The van der Waals surface area contributed by atoms with Crippen LogP contribution >= 0.6 is 0 Å². The first-order valence-corrected chi connectivity index (χ1v) is 21.3. The van der Waals surface area contributed by atoms with E-state index in [1.54, 1.807) is 5.56 Å². The molecule has 58 heavy (non-hydrogen) atoms. The van der Waals surface area contributed by atoms with Crippen LogP contribution in [0.2, 0.25) is 0 Å². The molecule has 0 aliphatic heterocycles. The van der Waals surface area contributed by atoms with Crippen molar-refractivity contribution in [3.05, 3.63) is 194 Å². The number of aromatic nitrogens is 1. The molecule has 0 spiro atoms. The molecular weight excluding hydrogens is 701 g/mol. The van der Waals surface area contributed by atoms with Crippen LogP contribution < -0.4 is 4.90 Å². The zero-order valence-corrected chi connectivity index (χ0v) is 32.8. The maximum atomic E-state index is 2.55. The van der Waals surface area contributed by atoms with Gasteiger partial charge in [-0.25, -0.2) is 0 Å². The SMILES string of the molecule is c1cc(-c2ccc3ccccc3c2)cc(N(c2ccc(-c3cccc(-n4c5ccccc5c5ccccc54)c3)cc2)c2cccc(C34CC5CC(CC(C5)C3)C4)c2)c1. The molecule has 9 aromatic rings. The number of rotatable bonds is 7. The molecule has 2 heteroatoms. The van der Waals surface area contributed by atoms with Crippen LogP contribution in [0.1, 0.15) is 44.1 Å². The Hall–Kier alpha value is -6.38. The van der Waals surface area contributed by atoms with Crippen molar-refractivity contribution in [3.8, 4) is 27.9 Å². The fourth-order valence-electron chi connectivity index (χ4n) is 11.9. The lowest BCUT2D eigenvalue weighted by Gasteiger charge is -2.57. The Morgan fingerprint density at radius 2 is 0.948 bits per heavy atom. The lowest BCUT2D eigenvalue weighted by molar-refractivity contribution is -0.00516. The molecule has 1 aromatic heterocycles. The summed E-state index contributed by atoms with van der Waals surface area (Å²) in [6, 6.07) is 70.1. The van der Waals surface area contributed by atoms with E-state index in [0.29, 0.717) is 5.41 Å². The van der Waals surface area contributed by atoms with E-state index in [1.165, 1.54) is 116 Å². The van der Waals surface area contributed by atoms with Gasteiger partial charge in [0.1, 0.15) is 0 Å². The second-order valence-electron chi connectivity index (χ2n) is 17.7. The molecule has 4 bridgehead atoms. The summed E-state index contributed by atoms with van der Waals surface area (Å²) in [5.74, 6) is 2.72. The minimum absolute atomic E-state index is 0.328. The Labute approximate surface area is 341 Å². The fraction of sp³-hybridized carbons (Fsp3) is 0.179. The van der Waals surface area contributed by atoms with Crippen LogP contribution in [-0.2, 0) is 5.41 Å². The van der Waals surface area contributed by atoms with Gasteiger partial charge >= 0.3 is 0 Å². The number of fused-ring (bicyclic) bond motifs is 4. The van der Waals surface area contributed by atoms with Crippen molar-refractivity contribution >= 4 is 49.6 Å². The highest BCUT2D eigenvalue weighted by Gasteiger charge is 2.51. The van der Waals surface area contributed by atoms with Gasteiger partial charge in [-0.15, -0.1) is 0 Å². The highest BCUT2D eigenvalue weighted by atomic mass is 15.1. The molecule has 8 aromatic carbocycles. The topological polar surface area (TPSA) is 8.17 Å². The number of benzene rings is 8. The zero-order chi connectivity index (χ0) is 38.2. The number of hydrogen-bond donors (Lipinski definition) is 0. The van der Waals surface area contributed by atoms with E-state index in [2.05, 4.69) is 198 Å². The number of nitrogens with zero attached hydrogens (tertiary/aromatic N) is 2. The Balaban J connectivity index is 0.950. The first-order valence-electron chi connectivity index (χ1n) is 21.3. The largest absolute Gasteiger partial charge is 0.310 e. The third-order valence-corrected chi connectivity index (χ3v) is 14.1. The Morgan fingerprint density at radius 3 is 1.66 bits per heavy atom. The normalized spacial score (nSPS) is 20.9. The van der Waals surface area contributed by atoms with Crippen molar-refractivity contribution in [2.24, 2.45) is 17.8 Å². The van der Waals surface area contributed by atoms with E-state index in [0.717, 1.165) is 17.8 Å². The summed E-state index contributed by atoms with van der Waals surface area (Å²) in [7, 11) is 0. The van der Waals surface area contributed by atoms with Gasteiger partial charge in [0.05, 0.1) is 11.0 Å². The van der Waals surface area contributed by atoms with E-state index < -0.39 is 0 Å². The lowest BCUT2D eigenvalue weighted by Crippen LogP contribution is -2.48. The Morgan fingerprint density at radius 1 is 0.397 bits per heavy atom. The fourth-order valence-corrected chi connectivity index (χ4v) is 11.9. The van der Waals surface area contributed by atoms with Gasteiger partial charge in [-0.3, -0.25) is 0 Å². The van der Waals surface area contributed by atoms with E-state index in [-0.39, 0.29) is 0 Å². The van der Waals surface area contributed by atoms with Gasteiger partial charge in [0.2, 0.25) is 0 Å². The van der Waals surface area contributed by atoms with Gasteiger partial charge in [0.15, 0.2) is 0 Å². The Kier molecular flexibility index (Phi) is 7.76. The molecule has 0 saturated heterocycles. The van der Waals surface area contributed by atoms with Crippen LogP contribution in [0.5, 0.6) is 0 Å². The molecule has 0 radical (unpaired) electrons. The standard InChI is InChI=1S/C56H46N2/c1-2-11-43-31-46(23-22-41(43)10-1)45-13-8-15-49(33-45)57(51-17-9-14-47(34-51)56-35-38-28-39(36-56)30-40(29-38)37-56)48-26-24-42(25-27-48)44-12-7-16-50(32-44)58-54-20-5-3-18-52(54)53-19-4-6-21-55(53)58/h1-27,31-34,38-40H,28-30,35-37H2. The van der Waals surface area contributed by atoms with Gasteiger partial charge in [-0.1, -0.05) is 121 Å². The maximum absolute atomic E-state index is 2.55.